The summed E-state index contributed by atoms with van der Waals surface area (Å²) >= 11 is 0. The molecule has 2 aromatic carbocycles. The molecule has 6 nitrogen and oxygen atoms in total. The van der Waals surface area contributed by atoms with Gasteiger partial charge in [0, 0.05) is 12.1 Å². The highest BCUT2D eigenvalue weighted by atomic mass is 19.1. The lowest BCUT2D eigenvalue weighted by Gasteiger charge is -2.13. The number of rotatable bonds is 7. The van der Waals surface area contributed by atoms with Crippen molar-refractivity contribution in [2.45, 2.75) is 6.10 Å². The number of ether oxygens (including phenoxy) is 2. The van der Waals surface area contributed by atoms with E-state index in [1.807, 2.05) is 0 Å². The summed E-state index contributed by atoms with van der Waals surface area (Å²) in [4.78, 5) is 10.1. The Labute approximate surface area is 130 Å². The van der Waals surface area contributed by atoms with E-state index in [0.717, 1.165) is 18.2 Å². The molecule has 23 heavy (non-hydrogen) atoms. The highest BCUT2D eigenvalue weighted by Gasteiger charge is 2.17. The molecular weight excluding hydrogens is 312 g/mol. The van der Waals surface area contributed by atoms with Crippen LogP contribution in [-0.4, -0.2) is 29.3 Å². The molecule has 0 aromatic heterocycles. The molecule has 0 aliphatic rings. The summed E-state index contributed by atoms with van der Waals surface area (Å²) in [5.74, 6) is -1.04. The average molecular weight is 325 g/mol. The molecule has 0 saturated heterocycles. The van der Waals surface area contributed by atoms with E-state index in [1.54, 1.807) is 0 Å². The van der Waals surface area contributed by atoms with Gasteiger partial charge in [-0.25, -0.2) is 8.78 Å². The fourth-order valence-electron chi connectivity index (χ4n) is 1.71. The van der Waals surface area contributed by atoms with E-state index in [4.69, 9.17) is 9.47 Å². The van der Waals surface area contributed by atoms with E-state index >= 15 is 0 Å². The molecule has 0 heterocycles. The van der Waals surface area contributed by atoms with Crippen LogP contribution in [0.1, 0.15) is 0 Å². The highest BCUT2D eigenvalue weighted by Crippen LogP contribution is 2.27. The van der Waals surface area contributed by atoms with Gasteiger partial charge in [-0.3, -0.25) is 10.1 Å². The number of hydrogen-bond acceptors (Lipinski definition) is 5. The Balaban J connectivity index is 1.89. The summed E-state index contributed by atoms with van der Waals surface area (Å²) in [5, 5.41) is 20.5. The number of hydrogen-bond donors (Lipinski definition) is 1. The molecule has 0 amide bonds. The Kier molecular flexibility index (Phi) is 5.42. The first-order chi connectivity index (χ1) is 11.0. The average Bonchev–Trinajstić information content (AvgIpc) is 2.52. The van der Waals surface area contributed by atoms with E-state index < -0.39 is 28.3 Å². The minimum atomic E-state index is -1.11. The second kappa shape index (κ2) is 7.50. The van der Waals surface area contributed by atoms with E-state index in [1.165, 1.54) is 24.3 Å². The summed E-state index contributed by atoms with van der Waals surface area (Å²) < 4.78 is 36.1. The van der Waals surface area contributed by atoms with Crippen LogP contribution in [-0.2, 0) is 0 Å². The first kappa shape index (κ1) is 16.6. The van der Waals surface area contributed by atoms with Gasteiger partial charge in [0.25, 0.3) is 0 Å². The van der Waals surface area contributed by atoms with Crippen molar-refractivity contribution < 1.29 is 28.3 Å². The third-order valence-electron chi connectivity index (χ3n) is 2.81. The largest absolute Gasteiger partial charge is 0.491 e. The Bertz CT molecular complexity index is 678. The zero-order valence-corrected chi connectivity index (χ0v) is 11.8. The van der Waals surface area contributed by atoms with Crippen molar-refractivity contribution in [1.29, 1.82) is 0 Å². The number of halogens is 2. The predicted octanol–water partition coefficient (Wildman–Crippen LogP) is 2.69. The van der Waals surface area contributed by atoms with Crippen molar-refractivity contribution in [1.82, 2.24) is 0 Å². The molecule has 1 N–H and O–H groups in total. The maximum Gasteiger partial charge on any atom is 0.311 e. The van der Waals surface area contributed by atoms with Gasteiger partial charge >= 0.3 is 5.69 Å². The van der Waals surface area contributed by atoms with Gasteiger partial charge in [-0.15, -0.1) is 0 Å². The van der Waals surface area contributed by atoms with Gasteiger partial charge < -0.3 is 14.6 Å². The molecule has 2 rings (SSSR count). The SMILES string of the molecule is O=[N+]([O-])c1ccc(F)cc1OCC(O)COc1ccc(F)cc1. The summed E-state index contributed by atoms with van der Waals surface area (Å²) in [6, 6.07) is 7.97. The maximum atomic E-state index is 13.1. The molecule has 0 spiro atoms. The van der Waals surface area contributed by atoms with Crippen molar-refractivity contribution in [3.05, 3.63) is 64.2 Å². The number of benzene rings is 2. The summed E-state index contributed by atoms with van der Waals surface area (Å²) in [5.41, 5.74) is -0.405. The van der Waals surface area contributed by atoms with E-state index in [2.05, 4.69) is 0 Å². The Morgan fingerprint density at radius 3 is 2.30 bits per heavy atom. The molecule has 122 valence electrons. The normalized spacial score (nSPS) is 11.8. The van der Waals surface area contributed by atoms with Gasteiger partial charge in [-0.05, 0) is 30.3 Å². The molecule has 0 aliphatic heterocycles. The molecular formula is C15H13F2NO5. The number of aliphatic hydroxyl groups is 1. The molecule has 0 fully saturated rings. The van der Waals surface area contributed by atoms with Crippen LogP contribution in [0.25, 0.3) is 0 Å². The predicted molar refractivity (Wildman–Crippen MR) is 76.5 cm³/mol. The zero-order valence-electron chi connectivity index (χ0n) is 11.8. The van der Waals surface area contributed by atoms with Crippen LogP contribution in [0.5, 0.6) is 11.5 Å². The Hall–Kier alpha value is -2.74. The lowest BCUT2D eigenvalue weighted by atomic mass is 10.3. The van der Waals surface area contributed by atoms with Crippen LogP contribution in [0.3, 0.4) is 0 Å². The third-order valence-corrected chi connectivity index (χ3v) is 2.81. The molecule has 1 atom stereocenters. The molecule has 0 bridgehead atoms. The van der Waals surface area contributed by atoms with Crippen LogP contribution in [0.4, 0.5) is 14.5 Å². The van der Waals surface area contributed by atoms with Gasteiger partial charge in [0.05, 0.1) is 4.92 Å². The number of nitrogens with zero attached hydrogens (tertiary/aromatic N) is 1. The van der Waals surface area contributed by atoms with Crippen LogP contribution in [0.2, 0.25) is 0 Å². The van der Waals surface area contributed by atoms with Crippen LogP contribution < -0.4 is 9.47 Å². The first-order valence-corrected chi connectivity index (χ1v) is 6.59. The first-order valence-electron chi connectivity index (χ1n) is 6.59. The molecule has 8 heteroatoms. The summed E-state index contributed by atoms with van der Waals surface area (Å²) in [6.45, 7) is -0.500. The van der Waals surface area contributed by atoms with Crippen LogP contribution in [0.15, 0.2) is 42.5 Å². The highest BCUT2D eigenvalue weighted by molar-refractivity contribution is 5.46. The van der Waals surface area contributed by atoms with Gasteiger partial charge in [-0.1, -0.05) is 0 Å². The monoisotopic (exact) mass is 325 g/mol. The summed E-state index contributed by atoms with van der Waals surface area (Å²) in [6.07, 6.45) is -1.11. The van der Waals surface area contributed by atoms with Gasteiger partial charge in [0.15, 0.2) is 5.75 Å². The van der Waals surface area contributed by atoms with Crippen molar-refractivity contribution in [2.75, 3.05) is 13.2 Å². The van der Waals surface area contributed by atoms with Crippen molar-refractivity contribution in [3.63, 3.8) is 0 Å². The zero-order chi connectivity index (χ0) is 16.8. The minimum absolute atomic E-state index is 0.172. The van der Waals surface area contributed by atoms with Crippen molar-refractivity contribution >= 4 is 5.69 Å². The Morgan fingerprint density at radius 2 is 1.65 bits per heavy atom. The molecule has 0 saturated carbocycles. The number of nitro groups is 1. The fourth-order valence-corrected chi connectivity index (χ4v) is 1.71. The maximum absolute atomic E-state index is 13.1. The molecule has 2 aromatic rings. The molecule has 0 aliphatic carbocycles. The van der Waals surface area contributed by atoms with Gasteiger partial charge in [0.2, 0.25) is 0 Å². The van der Waals surface area contributed by atoms with Crippen molar-refractivity contribution in [2.24, 2.45) is 0 Å². The van der Waals surface area contributed by atoms with Crippen LogP contribution >= 0.6 is 0 Å². The Morgan fingerprint density at radius 1 is 1.04 bits per heavy atom. The fraction of sp³-hybridized carbons (Fsp3) is 0.200. The van der Waals surface area contributed by atoms with E-state index in [-0.39, 0.29) is 19.0 Å². The van der Waals surface area contributed by atoms with Gasteiger partial charge in [-0.2, -0.15) is 0 Å². The molecule has 1 unspecified atom stereocenters. The lowest BCUT2D eigenvalue weighted by Crippen LogP contribution is -2.25. The minimum Gasteiger partial charge on any atom is -0.491 e. The quantitative estimate of drug-likeness (QED) is 0.625. The van der Waals surface area contributed by atoms with Gasteiger partial charge in [0.1, 0.15) is 36.7 Å². The summed E-state index contributed by atoms with van der Waals surface area (Å²) in [7, 11) is 0. The standard InChI is InChI=1S/C15H13F2NO5/c16-10-1-4-13(5-2-10)22-8-12(19)9-23-15-7-11(17)3-6-14(15)18(20)21/h1-7,12,19H,8-9H2. The van der Waals surface area contributed by atoms with Crippen LogP contribution in [0, 0.1) is 21.7 Å². The second-order valence-corrected chi connectivity index (χ2v) is 4.60. The van der Waals surface area contributed by atoms with E-state index in [0.29, 0.717) is 5.75 Å². The second-order valence-electron chi connectivity index (χ2n) is 4.60. The smallest absolute Gasteiger partial charge is 0.311 e. The van der Waals surface area contributed by atoms with E-state index in [9.17, 15) is 24.0 Å². The molecule has 0 radical (unpaired) electrons. The third kappa shape index (κ3) is 4.89. The number of aliphatic hydroxyl groups excluding tert-OH is 1. The number of nitro benzene ring substituents is 1. The van der Waals surface area contributed by atoms with Crippen molar-refractivity contribution in [3.8, 4) is 11.5 Å². The topological polar surface area (TPSA) is 81.8 Å². The lowest BCUT2D eigenvalue weighted by molar-refractivity contribution is -0.386.